The molecule has 2 aromatic rings. The van der Waals surface area contributed by atoms with Crippen molar-refractivity contribution in [2.75, 3.05) is 6.61 Å². The fraction of sp³-hybridized carbons (Fsp3) is 0.471. The molecule has 0 fully saturated rings. The number of hydrogen-bond donors (Lipinski definition) is 0. The van der Waals surface area contributed by atoms with Crippen molar-refractivity contribution in [2.24, 2.45) is 0 Å². The van der Waals surface area contributed by atoms with E-state index in [-0.39, 0.29) is 0 Å². The smallest absolute Gasteiger partial charge is 0.172 e. The fourth-order valence-electron chi connectivity index (χ4n) is 2.33. The molecule has 0 aliphatic carbocycles. The quantitative estimate of drug-likeness (QED) is 0.527. The van der Waals surface area contributed by atoms with Gasteiger partial charge in [0, 0.05) is 13.0 Å². The van der Waals surface area contributed by atoms with Gasteiger partial charge in [-0.1, -0.05) is 30.7 Å². The van der Waals surface area contributed by atoms with Gasteiger partial charge in [0.1, 0.15) is 11.4 Å². The Morgan fingerprint density at radius 3 is 2.91 bits per heavy atom. The second-order valence-corrected chi connectivity index (χ2v) is 5.38. The van der Waals surface area contributed by atoms with Gasteiger partial charge >= 0.3 is 0 Å². The van der Waals surface area contributed by atoms with Crippen LogP contribution in [0.15, 0.2) is 24.3 Å². The zero-order valence-corrected chi connectivity index (χ0v) is 13.3. The van der Waals surface area contributed by atoms with Crippen molar-refractivity contribution in [3.05, 3.63) is 41.2 Å². The average Bonchev–Trinajstić information content (AvgIpc) is 2.91. The van der Waals surface area contributed by atoms with Crippen molar-refractivity contribution in [1.82, 2.24) is 15.0 Å². The minimum atomic E-state index is 0.466. The highest BCUT2D eigenvalue weighted by molar-refractivity contribution is 5.73. The summed E-state index contributed by atoms with van der Waals surface area (Å²) in [6.07, 6.45) is 4.58. The van der Waals surface area contributed by atoms with E-state index in [1.165, 1.54) is 5.56 Å². The number of carbonyl (C=O) groups excluding carboxylic acids is 1. The SMILES string of the molecule is CCCCc1c(C=O)nnn1CCCOc1cccc(C)c1. The Balaban J connectivity index is 1.86. The first-order chi connectivity index (χ1) is 10.7. The molecular formula is C17H23N3O2. The lowest BCUT2D eigenvalue weighted by molar-refractivity contribution is 0.111. The van der Waals surface area contributed by atoms with Gasteiger partial charge in [0.25, 0.3) is 0 Å². The van der Waals surface area contributed by atoms with Crippen LogP contribution in [0.4, 0.5) is 0 Å². The van der Waals surface area contributed by atoms with E-state index in [0.717, 1.165) is 43.4 Å². The predicted molar refractivity (Wildman–Crippen MR) is 85.3 cm³/mol. The second-order valence-electron chi connectivity index (χ2n) is 5.38. The van der Waals surface area contributed by atoms with E-state index in [9.17, 15) is 4.79 Å². The highest BCUT2D eigenvalue weighted by atomic mass is 16.5. The first-order valence-electron chi connectivity index (χ1n) is 7.81. The molecule has 2 rings (SSSR count). The van der Waals surface area contributed by atoms with E-state index in [2.05, 4.69) is 17.2 Å². The summed E-state index contributed by atoms with van der Waals surface area (Å²) in [5, 5.41) is 8.02. The molecule has 118 valence electrons. The number of aldehydes is 1. The maximum Gasteiger partial charge on any atom is 0.172 e. The van der Waals surface area contributed by atoms with Crippen LogP contribution in [-0.4, -0.2) is 27.9 Å². The van der Waals surface area contributed by atoms with Crippen molar-refractivity contribution < 1.29 is 9.53 Å². The number of aryl methyl sites for hydroxylation is 2. The highest BCUT2D eigenvalue weighted by Gasteiger charge is 2.11. The molecule has 0 amide bonds. The Labute approximate surface area is 131 Å². The summed E-state index contributed by atoms with van der Waals surface area (Å²) in [7, 11) is 0. The average molecular weight is 301 g/mol. The molecule has 0 N–H and O–H groups in total. The second kappa shape index (κ2) is 8.32. The summed E-state index contributed by atoms with van der Waals surface area (Å²) < 4.78 is 7.56. The van der Waals surface area contributed by atoms with Crippen LogP contribution in [0.25, 0.3) is 0 Å². The van der Waals surface area contributed by atoms with Gasteiger partial charge in [-0.25, -0.2) is 4.68 Å². The van der Waals surface area contributed by atoms with E-state index in [1.54, 1.807) is 0 Å². The maximum atomic E-state index is 11.0. The highest BCUT2D eigenvalue weighted by Crippen LogP contribution is 2.13. The van der Waals surface area contributed by atoms with Gasteiger partial charge in [-0.2, -0.15) is 0 Å². The van der Waals surface area contributed by atoms with Crippen molar-refractivity contribution in [1.29, 1.82) is 0 Å². The van der Waals surface area contributed by atoms with Crippen LogP contribution in [0.5, 0.6) is 5.75 Å². The van der Waals surface area contributed by atoms with Crippen molar-refractivity contribution >= 4 is 6.29 Å². The molecule has 0 aliphatic rings. The normalized spacial score (nSPS) is 10.6. The fourth-order valence-corrected chi connectivity index (χ4v) is 2.33. The topological polar surface area (TPSA) is 57.0 Å². The van der Waals surface area contributed by atoms with Crippen molar-refractivity contribution in [2.45, 2.75) is 46.1 Å². The Morgan fingerprint density at radius 1 is 1.32 bits per heavy atom. The van der Waals surface area contributed by atoms with Gasteiger partial charge in [-0.05, 0) is 37.5 Å². The minimum absolute atomic E-state index is 0.466. The number of nitrogens with zero attached hydrogens (tertiary/aromatic N) is 3. The van der Waals surface area contributed by atoms with Gasteiger partial charge in [0.15, 0.2) is 6.29 Å². The lowest BCUT2D eigenvalue weighted by Crippen LogP contribution is -2.10. The van der Waals surface area contributed by atoms with Gasteiger partial charge in [-0.3, -0.25) is 4.79 Å². The third kappa shape index (κ3) is 4.41. The van der Waals surface area contributed by atoms with E-state index in [1.807, 2.05) is 35.9 Å². The zero-order valence-electron chi connectivity index (χ0n) is 13.3. The number of rotatable bonds is 9. The number of hydrogen-bond acceptors (Lipinski definition) is 4. The van der Waals surface area contributed by atoms with E-state index < -0.39 is 0 Å². The lowest BCUT2D eigenvalue weighted by Gasteiger charge is -2.08. The largest absolute Gasteiger partial charge is 0.494 e. The van der Waals surface area contributed by atoms with Crippen LogP contribution in [0, 0.1) is 6.92 Å². The van der Waals surface area contributed by atoms with Crippen LogP contribution in [0.2, 0.25) is 0 Å². The van der Waals surface area contributed by atoms with Crippen LogP contribution < -0.4 is 4.74 Å². The standard InChI is InChI=1S/C17H23N3O2/c1-3-4-9-17-16(13-21)18-19-20(17)10-6-11-22-15-8-5-7-14(2)12-15/h5,7-8,12-13H,3-4,6,9-11H2,1-2H3. The molecule has 5 nitrogen and oxygen atoms in total. The molecule has 5 heteroatoms. The van der Waals surface area contributed by atoms with Crippen LogP contribution in [-0.2, 0) is 13.0 Å². The molecule has 1 heterocycles. The van der Waals surface area contributed by atoms with Crippen LogP contribution >= 0.6 is 0 Å². The molecule has 0 unspecified atom stereocenters. The lowest BCUT2D eigenvalue weighted by atomic mass is 10.1. The molecule has 0 saturated heterocycles. The van der Waals surface area contributed by atoms with Gasteiger partial charge in [-0.15, -0.1) is 5.10 Å². The summed E-state index contributed by atoms with van der Waals surface area (Å²) in [5.41, 5.74) is 2.59. The number of unbranched alkanes of at least 4 members (excludes halogenated alkanes) is 1. The van der Waals surface area contributed by atoms with E-state index in [0.29, 0.717) is 18.8 Å². The minimum Gasteiger partial charge on any atom is -0.494 e. The monoisotopic (exact) mass is 301 g/mol. The van der Waals surface area contributed by atoms with E-state index in [4.69, 9.17) is 4.74 Å². The first-order valence-corrected chi connectivity index (χ1v) is 7.81. The summed E-state index contributed by atoms with van der Waals surface area (Å²) in [4.78, 5) is 11.0. The molecule has 0 bridgehead atoms. The molecule has 1 aromatic carbocycles. The van der Waals surface area contributed by atoms with Crippen LogP contribution in [0.1, 0.15) is 47.9 Å². The number of carbonyl (C=O) groups is 1. The zero-order chi connectivity index (χ0) is 15.8. The molecule has 0 radical (unpaired) electrons. The number of ether oxygens (including phenoxy) is 1. The molecular weight excluding hydrogens is 278 g/mol. The van der Waals surface area contributed by atoms with Crippen molar-refractivity contribution in [3.8, 4) is 5.75 Å². The first kappa shape index (κ1) is 16.2. The molecule has 0 aliphatic heterocycles. The Bertz CT molecular complexity index is 608. The number of benzene rings is 1. The molecule has 0 atom stereocenters. The van der Waals surface area contributed by atoms with Crippen LogP contribution in [0.3, 0.4) is 0 Å². The summed E-state index contributed by atoms with van der Waals surface area (Å²) in [5.74, 6) is 0.887. The maximum absolute atomic E-state index is 11.0. The Kier molecular flexibility index (Phi) is 6.13. The van der Waals surface area contributed by atoms with Gasteiger partial charge in [0.2, 0.25) is 0 Å². The Hall–Kier alpha value is -2.17. The van der Waals surface area contributed by atoms with Gasteiger partial charge < -0.3 is 4.74 Å². The third-order valence-electron chi connectivity index (χ3n) is 3.52. The molecule has 1 aromatic heterocycles. The molecule has 22 heavy (non-hydrogen) atoms. The number of aromatic nitrogens is 3. The van der Waals surface area contributed by atoms with Crippen molar-refractivity contribution in [3.63, 3.8) is 0 Å². The Morgan fingerprint density at radius 2 is 2.18 bits per heavy atom. The molecule has 0 spiro atoms. The van der Waals surface area contributed by atoms with E-state index >= 15 is 0 Å². The summed E-state index contributed by atoms with van der Waals surface area (Å²) >= 11 is 0. The van der Waals surface area contributed by atoms with Gasteiger partial charge in [0.05, 0.1) is 12.3 Å². The summed E-state index contributed by atoms with van der Waals surface area (Å²) in [6.45, 7) is 5.51. The predicted octanol–water partition coefficient (Wildman–Crippen LogP) is 3.21. The third-order valence-corrected chi connectivity index (χ3v) is 3.52. The summed E-state index contributed by atoms with van der Waals surface area (Å²) in [6, 6.07) is 8.01. The molecule has 0 saturated carbocycles.